The highest BCUT2D eigenvalue weighted by atomic mass is 35.5. The van der Waals surface area contributed by atoms with E-state index in [1.54, 1.807) is 24.3 Å². The van der Waals surface area contributed by atoms with Crippen molar-refractivity contribution in [1.82, 2.24) is 5.32 Å². The number of carbonyl (C=O) groups is 2. The summed E-state index contributed by atoms with van der Waals surface area (Å²) in [7, 11) is 1.41. The molecule has 2 amide bonds. The van der Waals surface area contributed by atoms with Crippen molar-refractivity contribution in [2.24, 2.45) is 0 Å². The molecule has 0 aromatic heterocycles. The number of nitrogens with zero attached hydrogens (tertiary/aromatic N) is 1. The minimum Gasteiger partial charge on any atom is -0.493 e. The van der Waals surface area contributed by atoms with Gasteiger partial charge in [-0.25, -0.2) is 0 Å². The van der Waals surface area contributed by atoms with Gasteiger partial charge in [0, 0.05) is 17.3 Å². The number of halogens is 2. The van der Waals surface area contributed by atoms with Gasteiger partial charge in [0.2, 0.25) is 0 Å². The van der Waals surface area contributed by atoms with Gasteiger partial charge in [0.25, 0.3) is 11.8 Å². The first-order valence-corrected chi connectivity index (χ1v) is 11.6. The van der Waals surface area contributed by atoms with Gasteiger partial charge in [-0.15, -0.1) is 0 Å². The molecule has 0 bridgehead atoms. The Morgan fingerprint density at radius 3 is 2.47 bits per heavy atom. The first-order chi connectivity index (χ1) is 17.3. The van der Waals surface area contributed by atoms with Crippen LogP contribution in [0.5, 0.6) is 11.5 Å². The Hall–Kier alpha value is -3.99. The van der Waals surface area contributed by atoms with Crippen LogP contribution in [0.2, 0.25) is 10.0 Å². The van der Waals surface area contributed by atoms with Gasteiger partial charge in [0.15, 0.2) is 18.1 Å². The molecule has 0 unspecified atom stereocenters. The topological polar surface area (TPSA) is 100 Å². The maximum absolute atomic E-state index is 12.5. The summed E-state index contributed by atoms with van der Waals surface area (Å²) in [6, 6.07) is 19.5. The minimum atomic E-state index is -0.523. The molecule has 3 rings (SSSR count). The zero-order valence-electron chi connectivity index (χ0n) is 19.6. The molecule has 3 aromatic rings. The maximum Gasteiger partial charge on any atom is 0.262 e. The molecule has 184 valence electrons. The largest absolute Gasteiger partial charge is 0.493 e. The standard InChI is InChI=1S/C27H23Cl2N3O4/c1-17-8-9-21(13-22(17)28)32-25(33)16-36-26-23(29)11-19(12-24(26)35-2)10-20(14-30)27(34)31-15-18-6-4-3-5-7-18/h3-13H,15-16H2,1-2H3,(H,31,34)(H,32,33)/b20-10+. The average Bonchev–Trinajstić information content (AvgIpc) is 2.87. The fourth-order valence-corrected chi connectivity index (χ4v) is 3.61. The van der Waals surface area contributed by atoms with Crippen molar-refractivity contribution in [3.8, 4) is 17.6 Å². The van der Waals surface area contributed by atoms with Gasteiger partial charge >= 0.3 is 0 Å². The summed E-state index contributed by atoms with van der Waals surface area (Å²) in [4.78, 5) is 24.8. The fraction of sp³-hybridized carbons (Fsp3) is 0.148. The molecule has 2 N–H and O–H groups in total. The quantitative estimate of drug-likeness (QED) is 0.282. The second kappa shape index (κ2) is 12.6. The van der Waals surface area contributed by atoms with E-state index >= 15 is 0 Å². The molecule has 3 aromatic carbocycles. The molecule has 36 heavy (non-hydrogen) atoms. The normalized spacial score (nSPS) is 10.8. The van der Waals surface area contributed by atoms with E-state index in [0.717, 1.165) is 11.1 Å². The molecule has 0 aliphatic rings. The number of nitriles is 1. The van der Waals surface area contributed by atoms with Crippen molar-refractivity contribution in [3.63, 3.8) is 0 Å². The number of hydrogen-bond donors (Lipinski definition) is 2. The van der Waals surface area contributed by atoms with Gasteiger partial charge in [0.05, 0.1) is 12.1 Å². The van der Waals surface area contributed by atoms with E-state index in [-0.39, 0.29) is 35.2 Å². The van der Waals surface area contributed by atoms with E-state index in [2.05, 4.69) is 10.6 Å². The van der Waals surface area contributed by atoms with E-state index in [9.17, 15) is 14.9 Å². The van der Waals surface area contributed by atoms with E-state index in [1.807, 2.05) is 43.3 Å². The molecule has 0 aliphatic heterocycles. The van der Waals surface area contributed by atoms with Crippen LogP contribution >= 0.6 is 23.2 Å². The Bertz CT molecular complexity index is 1330. The molecule has 9 heteroatoms. The Kier molecular flexibility index (Phi) is 9.34. The van der Waals surface area contributed by atoms with Gasteiger partial charge in [-0.3, -0.25) is 9.59 Å². The third kappa shape index (κ3) is 7.25. The number of carbonyl (C=O) groups excluding carboxylic acids is 2. The van der Waals surface area contributed by atoms with Crippen LogP contribution in [0.15, 0.2) is 66.2 Å². The van der Waals surface area contributed by atoms with E-state index < -0.39 is 11.8 Å². The lowest BCUT2D eigenvalue weighted by Crippen LogP contribution is -2.23. The van der Waals surface area contributed by atoms with Crippen LogP contribution in [0.3, 0.4) is 0 Å². The summed E-state index contributed by atoms with van der Waals surface area (Å²) in [6.07, 6.45) is 1.40. The van der Waals surface area contributed by atoms with Crippen LogP contribution in [-0.4, -0.2) is 25.5 Å². The monoisotopic (exact) mass is 523 g/mol. The first-order valence-electron chi connectivity index (χ1n) is 10.8. The SMILES string of the molecule is COc1cc(/C=C(\C#N)C(=O)NCc2ccccc2)cc(Cl)c1OCC(=O)Nc1ccc(C)c(Cl)c1. The lowest BCUT2D eigenvalue weighted by molar-refractivity contribution is -0.118. The molecule has 0 fully saturated rings. The second-order valence-electron chi connectivity index (χ2n) is 7.67. The summed E-state index contributed by atoms with van der Waals surface area (Å²) in [5.74, 6) is -0.550. The molecule has 0 saturated carbocycles. The first kappa shape index (κ1) is 26.6. The van der Waals surface area contributed by atoms with Gasteiger partial charge in [-0.05, 0) is 54.0 Å². The molecule has 0 atom stereocenters. The van der Waals surface area contributed by atoms with Crippen LogP contribution in [0.4, 0.5) is 5.69 Å². The number of hydrogen-bond acceptors (Lipinski definition) is 5. The van der Waals surface area contributed by atoms with Gasteiger partial charge < -0.3 is 20.1 Å². The van der Waals surface area contributed by atoms with E-state index in [1.165, 1.54) is 19.3 Å². The molecular weight excluding hydrogens is 501 g/mol. The van der Waals surface area contributed by atoms with Crippen molar-refractivity contribution >= 4 is 46.8 Å². The summed E-state index contributed by atoms with van der Waals surface area (Å²) in [5, 5.41) is 15.6. The number of methoxy groups -OCH3 is 1. The number of rotatable bonds is 9. The molecule has 7 nitrogen and oxygen atoms in total. The zero-order chi connectivity index (χ0) is 26.1. The third-order valence-corrected chi connectivity index (χ3v) is 5.71. The second-order valence-corrected chi connectivity index (χ2v) is 8.49. The summed E-state index contributed by atoms with van der Waals surface area (Å²) in [5.41, 5.74) is 2.68. The summed E-state index contributed by atoms with van der Waals surface area (Å²) >= 11 is 12.5. The van der Waals surface area contributed by atoms with Crippen LogP contribution in [-0.2, 0) is 16.1 Å². The van der Waals surface area contributed by atoms with Crippen LogP contribution in [0, 0.1) is 18.3 Å². The van der Waals surface area contributed by atoms with Crippen LogP contribution in [0.1, 0.15) is 16.7 Å². The van der Waals surface area contributed by atoms with E-state index in [4.69, 9.17) is 32.7 Å². The van der Waals surface area contributed by atoms with Gasteiger partial charge in [-0.1, -0.05) is 59.6 Å². The number of nitrogens with one attached hydrogen (secondary N) is 2. The van der Waals surface area contributed by atoms with E-state index in [0.29, 0.717) is 16.3 Å². The van der Waals surface area contributed by atoms with Crippen molar-refractivity contribution in [2.45, 2.75) is 13.5 Å². The highest BCUT2D eigenvalue weighted by molar-refractivity contribution is 6.32. The average molecular weight is 524 g/mol. The van der Waals surface area contributed by atoms with Crippen LogP contribution < -0.4 is 20.1 Å². The predicted octanol–water partition coefficient (Wildman–Crippen LogP) is 5.55. The number of amides is 2. The zero-order valence-corrected chi connectivity index (χ0v) is 21.1. The highest BCUT2D eigenvalue weighted by Gasteiger charge is 2.16. The van der Waals surface area contributed by atoms with Crippen molar-refractivity contribution in [1.29, 1.82) is 5.26 Å². The molecule has 0 spiro atoms. The number of benzene rings is 3. The Morgan fingerprint density at radius 1 is 1.06 bits per heavy atom. The number of anilines is 1. The van der Waals surface area contributed by atoms with Crippen LogP contribution in [0.25, 0.3) is 6.08 Å². The summed E-state index contributed by atoms with van der Waals surface area (Å²) in [6.45, 7) is 1.81. The molecular formula is C27H23Cl2N3O4. The molecule has 0 aliphatic carbocycles. The molecule has 0 radical (unpaired) electrons. The van der Waals surface area contributed by atoms with Gasteiger partial charge in [0.1, 0.15) is 11.6 Å². The Morgan fingerprint density at radius 2 is 1.81 bits per heavy atom. The number of ether oxygens (including phenoxy) is 2. The third-order valence-electron chi connectivity index (χ3n) is 5.03. The molecule has 0 saturated heterocycles. The smallest absolute Gasteiger partial charge is 0.262 e. The Balaban J connectivity index is 1.69. The number of aryl methyl sites for hydroxylation is 1. The van der Waals surface area contributed by atoms with Crippen molar-refractivity contribution < 1.29 is 19.1 Å². The predicted molar refractivity (Wildman–Crippen MR) is 140 cm³/mol. The maximum atomic E-state index is 12.5. The Labute approximate surface area is 219 Å². The summed E-state index contributed by atoms with van der Waals surface area (Å²) < 4.78 is 11.0. The fourth-order valence-electron chi connectivity index (χ4n) is 3.16. The lowest BCUT2D eigenvalue weighted by Gasteiger charge is -2.14. The molecule has 0 heterocycles. The lowest BCUT2D eigenvalue weighted by atomic mass is 10.1. The van der Waals surface area contributed by atoms with Crippen molar-refractivity contribution in [2.75, 3.05) is 19.0 Å². The van der Waals surface area contributed by atoms with Crippen molar-refractivity contribution in [3.05, 3.63) is 93.0 Å². The van der Waals surface area contributed by atoms with Gasteiger partial charge in [-0.2, -0.15) is 5.26 Å². The minimum absolute atomic E-state index is 0.103. The highest BCUT2D eigenvalue weighted by Crippen LogP contribution is 2.37.